The average Bonchev–Trinajstić information content (AvgIpc) is 2.63. The van der Waals surface area contributed by atoms with Gasteiger partial charge in [0.1, 0.15) is 12.8 Å². The summed E-state index contributed by atoms with van der Waals surface area (Å²) in [5, 5.41) is 10.3. The highest BCUT2D eigenvalue weighted by atomic mass is 16.6. The molecule has 1 unspecified atom stereocenters. The first kappa shape index (κ1) is 16.5. The van der Waals surface area contributed by atoms with Gasteiger partial charge in [0.15, 0.2) is 0 Å². The number of hydrogen-bond acceptors (Lipinski definition) is 4. The maximum Gasteiger partial charge on any atom is 0.410 e. The summed E-state index contributed by atoms with van der Waals surface area (Å²) in [6, 6.07) is 19.6. The van der Waals surface area contributed by atoms with E-state index in [2.05, 4.69) is 0 Å². The Kier molecular flexibility index (Phi) is 5.46. The summed E-state index contributed by atoms with van der Waals surface area (Å²) in [5.41, 5.74) is 2.10. The van der Waals surface area contributed by atoms with Crippen LogP contribution in [-0.2, 0) is 17.9 Å². The van der Waals surface area contributed by atoms with E-state index in [0.29, 0.717) is 19.6 Å². The molecule has 3 rings (SSSR count). The second-order valence-corrected chi connectivity index (χ2v) is 5.92. The molecule has 0 bridgehead atoms. The Labute approximate surface area is 142 Å². The minimum absolute atomic E-state index is 0.250. The van der Waals surface area contributed by atoms with Crippen molar-refractivity contribution in [3.05, 3.63) is 71.8 Å². The number of benzene rings is 2. The fourth-order valence-corrected chi connectivity index (χ4v) is 2.78. The number of aliphatic hydroxyl groups is 1. The summed E-state index contributed by atoms with van der Waals surface area (Å²) in [4.78, 5) is 15.7. The summed E-state index contributed by atoms with van der Waals surface area (Å²) in [7, 11) is 0. The Morgan fingerprint density at radius 1 is 1.00 bits per heavy atom. The summed E-state index contributed by atoms with van der Waals surface area (Å²) in [6.45, 7) is 2.36. The molecule has 1 aliphatic heterocycles. The number of carbonyl (C=O) groups is 1. The second-order valence-electron chi connectivity index (χ2n) is 5.92. The molecule has 5 nitrogen and oxygen atoms in total. The summed E-state index contributed by atoms with van der Waals surface area (Å²) >= 11 is 0. The Balaban J connectivity index is 1.48. The average molecular weight is 326 g/mol. The molecule has 0 aliphatic carbocycles. The third kappa shape index (κ3) is 4.34. The van der Waals surface area contributed by atoms with Crippen LogP contribution in [0.1, 0.15) is 11.1 Å². The lowest BCUT2D eigenvalue weighted by molar-refractivity contribution is -0.0578. The van der Waals surface area contributed by atoms with E-state index in [9.17, 15) is 9.90 Å². The SMILES string of the molecule is O=C(OCc1ccccc1)N1CCN(Cc2ccccc2)C(O)C1. The van der Waals surface area contributed by atoms with Gasteiger partial charge in [0.25, 0.3) is 0 Å². The molecule has 2 aromatic carbocycles. The number of ether oxygens (including phenoxy) is 1. The van der Waals surface area contributed by atoms with Crippen LogP contribution in [0.3, 0.4) is 0 Å². The van der Waals surface area contributed by atoms with Gasteiger partial charge in [0.2, 0.25) is 0 Å². The topological polar surface area (TPSA) is 53.0 Å². The van der Waals surface area contributed by atoms with Crippen molar-refractivity contribution < 1.29 is 14.6 Å². The standard InChI is InChI=1S/C19H22N2O3/c22-18-14-21(19(23)24-15-17-9-5-2-6-10-17)12-11-20(18)13-16-7-3-1-4-8-16/h1-10,18,22H,11-15H2. The van der Waals surface area contributed by atoms with E-state index in [1.54, 1.807) is 4.90 Å². The molecule has 1 N–H and O–H groups in total. The van der Waals surface area contributed by atoms with Crippen molar-refractivity contribution in [2.75, 3.05) is 19.6 Å². The van der Waals surface area contributed by atoms with Crippen LogP contribution in [0.5, 0.6) is 0 Å². The maximum atomic E-state index is 12.2. The molecule has 0 radical (unpaired) electrons. The molecule has 5 heteroatoms. The normalized spacial score (nSPS) is 18.4. The predicted molar refractivity (Wildman–Crippen MR) is 91.1 cm³/mol. The van der Waals surface area contributed by atoms with Crippen LogP contribution in [-0.4, -0.2) is 46.9 Å². The fourth-order valence-electron chi connectivity index (χ4n) is 2.78. The first-order chi connectivity index (χ1) is 11.7. The molecule has 24 heavy (non-hydrogen) atoms. The molecular formula is C19H22N2O3. The van der Waals surface area contributed by atoms with Crippen LogP contribution in [0, 0.1) is 0 Å². The first-order valence-corrected chi connectivity index (χ1v) is 8.14. The van der Waals surface area contributed by atoms with Crippen LogP contribution < -0.4 is 0 Å². The lowest BCUT2D eigenvalue weighted by Gasteiger charge is -2.38. The Bertz CT molecular complexity index is 648. The first-order valence-electron chi connectivity index (χ1n) is 8.14. The van der Waals surface area contributed by atoms with E-state index in [4.69, 9.17) is 4.74 Å². The van der Waals surface area contributed by atoms with Crippen molar-refractivity contribution in [1.29, 1.82) is 0 Å². The number of β-amino-alcohol motifs (C(OH)–C–C–N with tert-alkyl or cyclic N) is 1. The summed E-state index contributed by atoms with van der Waals surface area (Å²) < 4.78 is 5.33. The van der Waals surface area contributed by atoms with Crippen LogP contribution in [0.15, 0.2) is 60.7 Å². The summed E-state index contributed by atoms with van der Waals surface area (Å²) in [6.07, 6.45) is -1.06. The highest BCUT2D eigenvalue weighted by Crippen LogP contribution is 2.14. The number of piperazine rings is 1. The van der Waals surface area contributed by atoms with E-state index >= 15 is 0 Å². The molecular weight excluding hydrogens is 304 g/mol. The summed E-state index contributed by atoms with van der Waals surface area (Å²) in [5.74, 6) is 0. The largest absolute Gasteiger partial charge is 0.445 e. The van der Waals surface area contributed by atoms with Crippen LogP contribution >= 0.6 is 0 Å². The van der Waals surface area contributed by atoms with Crippen molar-refractivity contribution >= 4 is 6.09 Å². The molecule has 1 fully saturated rings. The fraction of sp³-hybridized carbons (Fsp3) is 0.316. The molecule has 1 saturated heterocycles. The number of aliphatic hydroxyl groups excluding tert-OH is 1. The van der Waals surface area contributed by atoms with Gasteiger partial charge in [-0.2, -0.15) is 0 Å². The quantitative estimate of drug-likeness (QED) is 0.938. The number of amides is 1. The van der Waals surface area contributed by atoms with Crippen molar-refractivity contribution in [2.45, 2.75) is 19.4 Å². The van der Waals surface area contributed by atoms with Gasteiger partial charge in [0, 0.05) is 19.6 Å². The van der Waals surface area contributed by atoms with Gasteiger partial charge in [-0.1, -0.05) is 60.7 Å². The molecule has 1 aliphatic rings. The highest BCUT2D eigenvalue weighted by Gasteiger charge is 2.28. The van der Waals surface area contributed by atoms with E-state index in [-0.39, 0.29) is 19.2 Å². The van der Waals surface area contributed by atoms with Crippen molar-refractivity contribution in [3.63, 3.8) is 0 Å². The van der Waals surface area contributed by atoms with E-state index in [1.807, 2.05) is 65.6 Å². The van der Waals surface area contributed by atoms with Crippen LogP contribution in [0.2, 0.25) is 0 Å². The molecule has 2 aromatic rings. The zero-order chi connectivity index (χ0) is 16.8. The smallest absolute Gasteiger partial charge is 0.410 e. The lowest BCUT2D eigenvalue weighted by Crippen LogP contribution is -2.54. The van der Waals surface area contributed by atoms with Crippen molar-refractivity contribution in [3.8, 4) is 0 Å². The number of rotatable bonds is 4. The van der Waals surface area contributed by atoms with Gasteiger partial charge in [-0.15, -0.1) is 0 Å². The molecule has 1 amide bonds. The van der Waals surface area contributed by atoms with Gasteiger partial charge >= 0.3 is 6.09 Å². The number of carbonyl (C=O) groups excluding carboxylic acids is 1. The third-order valence-corrected chi connectivity index (χ3v) is 4.15. The molecule has 0 saturated carbocycles. The monoisotopic (exact) mass is 326 g/mol. The van der Waals surface area contributed by atoms with Gasteiger partial charge < -0.3 is 14.7 Å². The second kappa shape index (κ2) is 7.95. The minimum Gasteiger partial charge on any atom is -0.445 e. The van der Waals surface area contributed by atoms with Crippen LogP contribution in [0.4, 0.5) is 4.79 Å². The Hall–Kier alpha value is -2.37. The van der Waals surface area contributed by atoms with Crippen molar-refractivity contribution in [2.24, 2.45) is 0 Å². The van der Waals surface area contributed by atoms with Gasteiger partial charge in [-0.3, -0.25) is 4.90 Å². The molecule has 126 valence electrons. The van der Waals surface area contributed by atoms with Gasteiger partial charge in [-0.05, 0) is 11.1 Å². The number of nitrogens with zero attached hydrogens (tertiary/aromatic N) is 2. The van der Waals surface area contributed by atoms with Gasteiger partial charge in [0.05, 0.1) is 6.54 Å². The Morgan fingerprint density at radius 2 is 1.62 bits per heavy atom. The van der Waals surface area contributed by atoms with E-state index < -0.39 is 6.23 Å². The lowest BCUT2D eigenvalue weighted by atomic mass is 10.2. The minimum atomic E-state index is -0.678. The van der Waals surface area contributed by atoms with Gasteiger partial charge in [-0.25, -0.2) is 4.79 Å². The van der Waals surface area contributed by atoms with E-state index in [0.717, 1.165) is 11.1 Å². The predicted octanol–water partition coefficient (Wildman–Crippen LogP) is 2.46. The molecule has 0 spiro atoms. The third-order valence-electron chi connectivity index (χ3n) is 4.15. The number of hydrogen-bond donors (Lipinski definition) is 1. The zero-order valence-corrected chi connectivity index (χ0v) is 13.5. The highest BCUT2D eigenvalue weighted by molar-refractivity contribution is 5.67. The van der Waals surface area contributed by atoms with Crippen LogP contribution in [0.25, 0.3) is 0 Å². The molecule has 1 heterocycles. The maximum absolute atomic E-state index is 12.2. The van der Waals surface area contributed by atoms with Crippen molar-refractivity contribution in [1.82, 2.24) is 9.80 Å². The van der Waals surface area contributed by atoms with E-state index in [1.165, 1.54) is 0 Å². The molecule has 1 atom stereocenters. The zero-order valence-electron chi connectivity index (χ0n) is 13.5. The Morgan fingerprint density at radius 3 is 2.25 bits per heavy atom. The molecule has 0 aromatic heterocycles.